The second-order valence-corrected chi connectivity index (χ2v) is 13.5. The Kier molecular flexibility index (Phi) is 11.0. The van der Waals surface area contributed by atoms with Gasteiger partial charge in [0.15, 0.2) is 23.3 Å². The van der Waals surface area contributed by atoms with E-state index >= 15 is 13.2 Å². The zero-order valence-electron chi connectivity index (χ0n) is 26.0. The lowest BCUT2D eigenvalue weighted by molar-refractivity contribution is 0.164. The van der Waals surface area contributed by atoms with Crippen molar-refractivity contribution in [2.45, 2.75) is 116 Å². The molecule has 0 unspecified atom stereocenters. The summed E-state index contributed by atoms with van der Waals surface area (Å²) in [7, 11) is 0. The molecule has 43 heavy (non-hydrogen) atoms. The maximum absolute atomic E-state index is 15.4. The average Bonchev–Trinajstić information content (AvgIpc) is 3.03. The fourth-order valence-electron chi connectivity index (χ4n) is 7.69. The van der Waals surface area contributed by atoms with Crippen LogP contribution in [0, 0.1) is 41.0 Å². The van der Waals surface area contributed by atoms with Crippen LogP contribution in [0.3, 0.4) is 0 Å². The summed E-state index contributed by atoms with van der Waals surface area (Å²) in [5.41, 5.74) is 2.29. The molecule has 2 aliphatic rings. The number of benzene rings is 3. The molecule has 2 aliphatic carbocycles. The fraction of sp³-hybridized carbons (Fsp3) is 0.538. The van der Waals surface area contributed by atoms with Crippen LogP contribution in [0.1, 0.15) is 121 Å². The van der Waals surface area contributed by atoms with Gasteiger partial charge in [-0.3, -0.25) is 0 Å². The normalized spacial score (nSPS) is 22.6. The van der Waals surface area contributed by atoms with Crippen molar-refractivity contribution in [2.24, 2.45) is 17.8 Å². The SMILES string of the molecule is CCCCCCCCc1ccc(-c2ccc(-c3ccc(C4CCC(C5CCC(C)CC5)CC4)c(F)c3F)cc2)c(F)c1F. The van der Waals surface area contributed by atoms with Gasteiger partial charge in [0.1, 0.15) is 0 Å². The molecule has 0 saturated heterocycles. The summed E-state index contributed by atoms with van der Waals surface area (Å²) in [6, 6.07) is 13.3. The first kappa shape index (κ1) is 31.8. The van der Waals surface area contributed by atoms with Gasteiger partial charge in [-0.25, -0.2) is 17.6 Å². The van der Waals surface area contributed by atoms with E-state index in [1.807, 2.05) is 0 Å². The van der Waals surface area contributed by atoms with Crippen LogP contribution in [0.15, 0.2) is 48.5 Å². The quantitative estimate of drug-likeness (QED) is 0.153. The first-order valence-electron chi connectivity index (χ1n) is 16.9. The van der Waals surface area contributed by atoms with Crippen LogP contribution < -0.4 is 0 Å². The van der Waals surface area contributed by atoms with Gasteiger partial charge in [0.25, 0.3) is 0 Å². The van der Waals surface area contributed by atoms with Gasteiger partial charge in [-0.2, -0.15) is 0 Å². The highest BCUT2D eigenvalue weighted by Gasteiger charge is 2.32. The third-order valence-corrected chi connectivity index (χ3v) is 10.5. The van der Waals surface area contributed by atoms with E-state index in [1.54, 1.807) is 48.5 Å². The van der Waals surface area contributed by atoms with Crippen molar-refractivity contribution in [3.63, 3.8) is 0 Å². The predicted octanol–water partition coefficient (Wildman–Crippen LogP) is 12.6. The molecule has 4 heteroatoms. The summed E-state index contributed by atoms with van der Waals surface area (Å²) in [5, 5.41) is 0. The van der Waals surface area contributed by atoms with E-state index in [0.29, 0.717) is 28.7 Å². The van der Waals surface area contributed by atoms with Crippen molar-refractivity contribution in [1.29, 1.82) is 0 Å². The lowest BCUT2D eigenvalue weighted by atomic mass is 9.68. The van der Waals surface area contributed by atoms with Gasteiger partial charge in [-0.15, -0.1) is 0 Å². The third kappa shape index (κ3) is 7.55. The minimum atomic E-state index is -0.856. The lowest BCUT2D eigenvalue weighted by Gasteiger charge is -2.37. The van der Waals surface area contributed by atoms with Gasteiger partial charge in [-0.1, -0.05) is 107 Å². The third-order valence-electron chi connectivity index (χ3n) is 10.5. The Hall–Kier alpha value is -2.62. The summed E-state index contributed by atoms with van der Waals surface area (Å²) in [6.07, 6.45) is 16.4. The molecule has 0 N–H and O–H groups in total. The second kappa shape index (κ2) is 14.9. The molecular formula is C39H48F4. The van der Waals surface area contributed by atoms with E-state index in [-0.39, 0.29) is 17.0 Å². The number of aryl methyl sites for hydroxylation is 1. The Bertz CT molecular complexity index is 1330. The highest BCUT2D eigenvalue weighted by molar-refractivity contribution is 5.71. The molecule has 2 saturated carbocycles. The topological polar surface area (TPSA) is 0 Å². The van der Waals surface area contributed by atoms with Crippen LogP contribution in [-0.2, 0) is 6.42 Å². The smallest absolute Gasteiger partial charge is 0.166 e. The number of rotatable bonds is 11. The molecule has 0 nitrogen and oxygen atoms in total. The second-order valence-electron chi connectivity index (χ2n) is 13.5. The number of halogens is 4. The van der Waals surface area contributed by atoms with Crippen molar-refractivity contribution in [3.8, 4) is 22.3 Å². The zero-order chi connectivity index (χ0) is 30.3. The van der Waals surface area contributed by atoms with Crippen molar-refractivity contribution >= 4 is 0 Å². The lowest BCUT2D eigenvalue weighted by Crippen LogP contribution is -2.25. The van der Waals surface area contributed by atoms with Gasteiger partial charge in [0.2, 0.25) is 0 Å². The van der Waals surface area contributed by atoms with Crippen LogP contribution in [0.25, 0.3) is 22.3 Å². The number of hydrogen-bond acceptors (Lipinski definition) is 0. The molecule has 0 aliphatic heterocycles. The van der Waals surface area contributed by atoms with Gasteiger partial charge in [0.05, 0.1) is 0 Å². The molecule has 0 radical (unpaired) electrons. The Balaban J connectivity index is 1.22. The molecule has 0 aromatic heterocycles. The molecule has 0 spiro atoms. The number of unbranched alkanes of at least 4 members (excludes halogenated alkanes) is 5. The molecule has 0 bridgehead atoms. The van der Waals surface area contributed by atoms with Gasteiger partial charge < -0.3 is 0 Å². The number of hydrogen-bond donors (Lipinski definition) is 0. The van der Waals surface area contributed by atoms with Gasteiger partial charge >= 0.3 is 0 Å². The van der Waals surface area contributed by atoms with Crippen LogP contribution in [0.2, 0.25) is 0 Å². The van der Waals surface area contributed by atoms with Gasteiger partial charge in [0, 0.05) is 11.1 Å². The summed E-state index contributed by atoms with van der Waals surface area (Å²) in [6.45, 7) is 4.52. The van der Waals surface area contributed by atoms with E-state index in [4.69, 9.17) is 0 Å². The molecule has 0 atom stereocenters. The highest BCUT2D eigenvalue weighted by Crippen LogP contribution is 2.45. The predicted molar refractivity (Wildman–Crippen MR) is 170 cm³/mol. The van der Waals surface area contributed by atoms with Crippen LogP contribution in [-0.4, -0.2) is 0 Å². The molecule has 2 fully saturated rings. The van der Waals surface area contributed by atoms with Crippen LogP contribution in [0.5, 0.6) is 0 Å². The van der Waals surface area contributed by atoms with E-state index in [2.05, 4.69) is 13.8 Å². The zero-order valence-corrected chi connectivity index (χ0v) is 26.0. The van der Waals surface area contributed by atoms with Crippen molar-refractivity contribution in [3.05, 3.63) is 82.9 Å². The van der Waals surface area contributed by atoms with E-state index in [1.165, 1.54) is 44.9 Å². The molecule has 3 aromatic rings. The maximum Gasteiger partial charge on any atom is 0.166 e. The Labute approximate surface area is 256 Å². The Morgan fingerprint density at radius 1 is 0.535 bits per heavy atom. The molecule has 0 heterocycles. The first-order valence-corrected chi connectivity index (χ1v) is 16.9. The van der Waals surface area contributed by atoms with E-state index in [0.717, 1.165) is 62.7 Å². The van der Waals surface area contributed by atoms with E-state index in [9.17, 15) is 4.39 Å². The minimum absolute atomic E-state index is 0.0617. The summed E-state index contributed by atoms with van der Waals surface area (Å²) in [4.78, 5) is 0. The van der Waals surface area contributed by atoms with Crippen molar-refractivity contribution < 1.29 is 17.6 Å². The standard InChI is InChI=1S/C39H48F4/c1-3-4-5-6-7-8-9-32-22-23-33(37(41)36(32)40)30-18-20-31(21-19-30)35-25-24-34(38(42)39(35)43)29-16-14-28(15-17-29)27-12-10-26(2)11-13-27/h18-29H,3-17H2,1-2H3. The average molecular weight is 593 g/mol. The largest absolute Gasteiger partial charge is 0.203 e. The van der Waals surface area contributed by atoms with E-state index < -0.39 is 23.3 Å². The van der Waals surface area contributed by atoms with Crippen molar-refractivity contribution in [1.82, 2.24) is 0 Å². The maximum atomic E-state index is 15.4. The Morgan fingerprint density at radius 3 is 1.65 bits per heavy atom. The van der Waals surface area contributed by atoms with Crippen LogP contribution >= 0.6 is 0 Å². The Morgan fingerprint density at radius 2 is 1.05 bits per heavy atom. The molecule has 5 rings (SSSR count). The molecule has 0 amide bonds. The fourth-order valence-corrected chi connectivity index (χ4v) is 7.69. The molecule has 3 aromatic carbocycles. The van der Waals surface area contributed by atoms with Gasteiger partial charge in [-0.05, 0) is 97.3 Å². The summed E-state index contributed by atoms with van der Waals surface area (Å²) < 4.78 is 60.7. The monoisotopic (exact) mass is 592 g/mol. The minimum Gasteiger partial charge on any atom is -0.203 e. The molecule has 232 valence electrons. The highest BCUT2D eigenvalue weighted by atomic mass is 19.2. The van der Waals surface area contributed by atoms with Crippen molar-refractivity contribution in [2.75, 3.05) is 0 Å². The summed E-state index contributed by atoms with van der Waals surface area (Å²) >= 11 is 0. The molecular weight excluding hydrogens is 544 g/mol. The van der Waals surface area contributed by atoms with Crippen LogP contribution in [0.4, 0.5) is 17.6 Å². The summed E-state index contributed by atoms with van der Waals surface area (Å²) in [5.74, 6) is -0.787. The first-order chi connectivity index (χ1) is 20.9.